The number of hydrogen-bond acceptors (Lipinski definition) is 2. The standard InChI is InChI=1S/C14H20O3/c1-10(13(15)16)8-11-6-4-5-7-12(11)9-14(2,3)17/h4-7,10,17H,8-9H2,1-3H3,(H,15,16). The van der Waals surface area contributed by atoms with Gasteiger partial charge in [0.05, 0.1) is 11.5 Å². The summed E-state index contributed by atoms with van der Waals surface area (Å²) in [5.41, 5.74) is 1.25. The molecule has 0 aliphatic heterocycles. The molecule has 2 N–H and O–H groups in total. The van der Waals surface area contributed by atoms with E-state index in [1.54, 1.807) is 20.8 Å². The average Bonchev–Trinajstić information content (AvgIpc) is 2.18. The van der Waals surface area contributed by atoms with Gasteiger partial charge in [-0.1, -0.05) is 31.2 Å². The number of carboxylic acids is 1. The van der Waals surface area contributed by atoms with Gasteiger partial charge in [-0.15, -0.1) is 0 Å². The quantitative estimate of drug-likeness (QED) is 0.824. The largest absolute Gasteiger partial charge is 0.481 e. The van der Waals surface area contributed by atoms with Gasteiger partial charge >= 0.3 is 5.97 Å². The summed E-state index contributed by atoms with van der Waals surface area (Å²) in [6.07, 6.45) is 1.04. The number of carbonyl (C=O) groups is 1. The molecule has 0 fully saturated rings. The zero-order chi connectivity index (χ0) is 13.1. The second kappa shape index (κ2) is 5.32. The smallest absolute Gasteiger partial charge is 0.306 e. The molecule has 1 rings (SSSR count). The maximum atomic E-state index is 10.9. The molecular formula is C14H20O3. The lowest BCUT2D eigenvalue weighted by Crippen LogP contribution is -2.23. The van der Waals surface area contributed by atoms with Gasteiger partial charge in [-0.05, 0) is 31.4 Å². The first-order valence-electron chi connectivity index (χ1n) is 5.81. The zero-order valence-corrected chi connectivity index (χ0v) is 10.6. The van der Waals surface area contributed by atoms with Crippen molar-refractivity contribution in [1.82, 2.24) is 0 Å². The van der Waals surface area contributed by atoms with Crippen molar-refractivity contribution in [1.29, 1.82) is 0 Å². The maximum absolute atomic E-state index is 10.9. The lowest BCUT2D eigenvalue weighted by molar-refractivity contribution is -0.141. The number of carboxylic acid groups (broad SMARTS) is 1. The van der Waals surface area contributed by atoms with Gasteiger partial charge in [0.2, 0.25) is 0 Å². The molecule has 0 saturated carbocycles. The molecular weight excluding hydrogens is 216 g/mol. The Labute approximate surface area is 102 Å². The van der Waals surface area contributed by atoms with Crippen molar-refractivity contribution in [2.24, 2.45) is 5.92 Å². The van der Waals surface area contributed by atoms with Crippen LogP contribution in [0.15, 0.2) is 24.3 Å². The summed E-state index contributed by atoms with van der Waals surface area (Å²) >= 11 is 0. The number of rotatable bonds is 5. The van der Waals surface area contributed by atoms with E-state index >= 15 is 0 Å². The van der Waals surface area contributed by atoms with Gasteiger partial charge < -0.3 is 10.2 Å². The van der Waals surface area contributed by atoms with Crippen LogP contribution in [0.4, 0.5) is 0 Å². The summed E-state index contributed by atoms with van der Waals surface area (Å²) in [7, 11) is 0. The minimum Gasteiger partial charge on any atom is -0.481 e. The van der Waals surface area contributed by atoms with Crippen LogP contribution in [0.2, 0.25) is 0 Å². The van der Waals surface area contributed by atoms with Gasteiger partial charge in [-0.3, -0.25) is 4.79 Å². The van der Waals surface area contributed by atoms with E-state index in [4.69, 9.17) is 5.11 Å². The molecule has 0 aromatic heterocycles. The van der Waals surface area contributed by atoms with Gasteiger partial charge in [0.1, 0.15) is 0 Å². The summed E-state index contributed by atoms with van der Waals surface area (Å²) in [6.45, 7) is 5.21. The molecule has 1 aromatic carbocycles. The molecule has 0 bridgehead atoms. The van der Waals surface area contributed by atoms with E-state index in [0.717, 1.165) is 11.1 Å². The Morgan fingerprint density at radius 3 is 2.29 bits per heavy atom. The predicted octanol–water partition coefficient (Wildman–Crippen LogP) is 2.26. The van der Waals surface area contributed by atoms with Crippen LogP contribution in [-0.2, 0) is 17.6 Å². The number of benzene rings is 1. The first kappa shape index (κ1) is 13.7. The summed E-state index contributed by atoms with van der Waals surface area (Å²) in [5, 5.41) is 18.7. The van der Waals surface area contributed by atoms with E-state index in [9.17, 15) is 9.90 Å². The molecule has 0 saturated heterocycles. The zero-order valence-electron chi connectivity index (χ0n) is 10.6. The van der Waals surface area contributed by atoms with Crippen LogP contribution < -0.4 is 0 Å². The molecule has 0 radical (unpaired) electrons. The van der Waals surface area contributed by atoms with Gasteiger partial charge in [-0.2, -0.15) is 0 Å². The van der Waals surface area contributed by atoms with E-state index in [1.807, 2.05) is 24.3 Å². The van der Waals surface area contributed by atoms with Crippen molar-refractivity contribution in [2.45, 2.75) is 39.2 Å². The van der Waals surface area contributed by atoms with Crippen molar-refractivity contribution in [3.63, 3.8) is 0 Å². The Morgan fingerprint density at radius 2 is 1.82 bits per heavy atom. The first-order chi connectivity index (χ1) is 7.79. The summed E-state index contributed by atoms with van der Waals surface area (Å²) < 4.78 is 0. The summed E-state index contributed by atoms with van der Waals surface area (Å²) in [4.78, 5) is 10.9. The molecule has 3 heteroatoms. The fourth-order valence-corrected chi connectivity index (χ4v) is 1.81. The highest BCUT2D eigenvalue weighted by Crippen LogP contribution is 2.19. The van der Waals surface area contributed by atoms with E-state index in [1.165, 1.54) is 0 Å². The van der Waals surface area contributed by atoms with Crippen LogP contribution in [0.3, 0.4) is 0 Å². The van der Waals surface area contributed by atoms with Crippen LogP contribution in [0.5, 0.6) is 0 Å². The van der Waals surface area contributed by atoms with Crippen molar-refractivity contribution in [3.05, 3.63) is 35.4 Å². The normalized spacial score (nSPS) is 13.4. The number of aliphatic carboxylic acids is 1. The third kappa shape index (κ3) is 4.57. The molecule has 17 heavy (non-hydrogen) atoms. The Morgan fingerprint density at radius 1 is 1.29 bits per heavy atom. The number of aliphatic hydroxyl groups is 1. The highest BCUT2D eigenvalue weighted by Gasteiger charge is 2.18. The number of hydrogen-bond donors (Lipinski definition) is 2. The van der Waals surface area contributed by atoms with Crippen molar-refractivity contribution in [3.8, 4) is 0 Å². The molecule has 1 atom stereocenters. The minimum absolute atomic E-state index is 0.405. The van der Waals surface area contributed by atoms with Crippen molar-refractivity contribution in [2.75, 3.05) is 0 Å². The SMILES string of the molecule is CC(Cc1ccccc1CC(C)(C)O)C(=O)O. The minimum atomic E-state index is -0.789. The third-order valence-electron chi connectivity index (χ3n) is 2.69. The second-order valence-electron chi connectivity index (χ2n) is 5.20. The molecule has 0 aliphatic rings. The maximum Gasteiger partial charge on any atom is 0.306 e. The van der Waals surface area contributed by atoms with E-state index in [-0.39, 0.29) is 0 Å². The molecule has 0 aliphatic carbocycles. The van der Waals surface area contributed by atoms with Crippen LogP contribution in [0, 0.1) is 5.92 Å². The molecule has 1 unspecified atom stereocenters. The molecule has 1 aromatic rings. The van der Waals surface area contributed by atoms with Gasteiger partial charge in [0.15, 0.2) is 0 Å². The average molecular weight is 236 g/mol. The first-order valence-corrected chi connectivity index (χ1v) is 5.81. The van der Waals surface area contributed by atoms with E-state index < -0.39 is 17.5 Å². The van der Waals surface area contributed by atoms with Crippen molar-refractivity contribution < 1.29 is 15.0 Å². The predicted molar refractivity (Wildman–Crippen MR) is 66.9 cm³/mol. The van der Waals surface area contributed by atoms with Gasteiger partial charge in [0.25, 0.3) is 0 Å². The Bertz CT molecular complexity index is 391. The van der Waals surface area contributed by atoms with Gasteiger partial charge in [0, 0.05) is 6.42 Å². The fourth-order valence-electron chi connectivity index (χ4n) is 1.81. The van der Waals surface area contributed by atoms with Crippen LogP contribution >= 0.6 is 0 Å². The van der Waals surface area contributed by atoms with Crippen molar-refractivity contribution >= 4 is 5.97 Å². The fraction of sp³-hybridized carbons (Fsp3) is 0.500. The van der Waals surface area contributed by atoms with E-state index in [0.29, 0.717) is 12.8 Å². The van der Waals surface area contributed by atoms with Gasteiger partial charge in [-0.25, -0.2) is 0 Å². The summed E-state index contributed by atoms with van der Waals surface area (Å²) in [5.74, 6) is -1.19. The Hall–Kier alpha value is -1.35. The molecule has 0 spiro atoms. The van der Waals surface area contributed by atoms with Crippen LogP contribution in [0.25, 0.3) is 0 Å². The monoisotopic (exact) mass is 236 g/mol. The lowest BCUT2D eigenvalue weighted by Gasteiger charge is -2.20. The third-order valence-corrected chi connectivity index (χ3v) is 2.69. The molecule has 3 nitrogen and oxygen atoms in total. The van der Waals surface area contributed by atoms with Crippen LogP contribution in [0.1, 0.15) is 31.9 Å². The second-order valence-corrected chi connectivity index (χ2v) is 5.20. The molecule has 94 valence electrons. The Kier molecular flexibility index (Phi) is 4.29. The Balaban J connectivity index is 2.88. The molecule has 0 heterocycles. The van der Waals surface area contributed by atoms with E-state index in [2.05, 4.69) is 0 Å². The lowest BCUT2D eigenvalue weighted by atomic mass is 9.90. The molecule has 0 amide bonds. The highest BCUT2D eigenvalue weighted by molar-refractivity contribution is 5.70. The highest BCUT2D eigenvalue weighted by atomic mass is 16.4. The van der Waals surface area contributed by atoms with Crippen LogP contribution in [-0.4, -0.2) is 21.8 Å². The summed E-state index contributed by atoms with van der Waals surface area (Å²) in [6, 6.07) is 7.69. The topological polar surface area (TPSA) is 57.5 Å².